The van der Waals surface area contributed by atoms with Crippen molar-refractivity contribution in [1.82, 2.24) is 9.21 Å². The predicted molar refractivity (Wildman–Crippen MR) is 97.7 cm³/mol. The number of hydrogen-bond donors (Lipinski definition) is 0. The number of rotatable bonds is 3. The summed E-state index contributed by atoms with van der Waals surface area (Å²) in [7, 11) is -3.36. The van der Waals surface area contributed by atoms with Gasteiger partial charge in [0.2, 0.25) is 10.0 Å². The van der Waals surface area contributed by atoms with Crippen molar-refractivity contribution in [2.24, 2.45) is 0 Å². The largest absolute Gasteiger partial charge is 0.298 e. The highest BCUT2D eigenvalue weighted by Gasteiger charge is 2.31. The number of aryl methyl sites for hydroxylation is 2. The molecular formula is C19H30N2O2S. The first-order valence-electron chi connectivity index (χ1n) is 9.30. The molecule has 1 aliphatic heterocycles. The summed E-state index contributed by atoms with van der Waals surface area (Å²) in [5.41, 5.74) is 1.95. The zero-order valence-corrected chi connectivity index (χ0v) is 15.8. The van der Waals surface area contributed by atoms with E-state index in [1.165, 1.54) is 38.5 Å². The first kappa shape index (κ1) is 17.9. The third-order valence-corrected chi connectivity index (χ3v) is 7.62. The predicted octanol–water partition coefficient (Wildman–Crippen LogP) is 3.33. The van der Waals surface area contributed by atoms with Crippen LogP contribution in [0.2, 0.25) is 0 Å². The molecule has 134 valence electrons. The van der Waals surface area contributed by atoms with Crippen LogP contribution in [-0.2, 0) is 10.0 Å². The molecular weight excluding hydrogens is 320 g/mol. The minimum absolute atomic E-state index is 0.469. The molecule has 1 aromatic rings. The smallest absolute Gasteiger partial charge is 0.243 e. The Hall–Kier alpha value is -0.910. The summed E-state index contributed by atoms with van der Waals surface area (Å²) in [5.74, 6) is 0. The van der Waals surface area contributed by atoms with Crippen molar-refractivity contribution in [3.8, 4) is 0 Å². The summed E-state index contributed by atoms with van der Waals surface area (Å²) < 4.78 is 27.6. The molecule has 0 N–H and O–H groups in total. The quantitative estimate of drug-likeness (QED) is 0.785. The van der Waals surface area contributed by atoms with E-state index < -0.39 is 10.0 Å². The van der Waals surface area contributed by atoms with Gasteiger partial charge in [-0.15, -0.1) is 0 Å². The molecule has 1 saturated heterocycles. The van der Waals surface area contributed by atoms with E-state index in [1.54, 1.807) is 10.4 Å². The average molecular weight is 351 g/mol. The van der Waals surface area contributed by atoms with Crippen LogP contribution in [0.4, 0.5) is 0 Å². The molecule has 0 aromatic heterocycles. The van der Waals surface area contributed by atoms with Crippen molar-refractivity contribution in [2.75, 3.05) is 26.2 Å². The van der Waals surface area contributed by atoms with Crippen LogP contribution < -0.4 is 0 Å². The Bertz CT molecular complexity index is 656. The van der Waals surface area contributed by atoms with Crippen molar-refractivity contribution in [3.63, 3.8) is 0 Å². The molecule has 1 aromatic carbocycles. The number of nitrogens with zero attached hydrogens (tertiary/aromatic N) is 2. The third-order valence-electron chi connectivity index (χ3n) is 5.56. The monoisotopic (exact) mass is 350 g/mol. The first-order valence-corrected chi connectivity index (χ1v) is 10.7. The van der Waals surface area contributed by atoms with Crippen LogP contribution in [0.15, 0.2) is 23.1 Å². The molecule has 0 bridgehead atoms. The van der Waals surface area contributed by atoms with Crippen LogP contribution in [-0.4, -0.2) is 49.8 Å². The molecule has 3 rings (SSSR count). The fourth-order valence-electron chi connectivity index (χ4n) is 4.16. The van der Waals surface area contributed by atoms with Gasteiger partial charge in [-0.3, -0.25) is 4.90 Å². The van der Waals surface area contributed by atoms with Crippen molar-refractivity contribution < 1.29 is 8.42 Å². The highest BCUT2D eigenvalue weighted by Crippen LogP contribution is 2.26. The highest BCUT2D eigenvalue weighted by atomic mass is 32.2. The van der Waals surface area contributed by atoms with E-state index in [4.69, 9.17) is 0 Å². The standard InChI is InChI=1S/C19H30N2O2S/c1-16-9-10-19(17(2)15-16)24(22,23)21-13-11-20(12-14-21)18-7-5-3-4-6-8-18/h9-10,15,18H,3-8,11-14H2,1-2H3. The summed E-state index contributed by atoms with van der Waals surface area (Å²) in [6.45, 7) is 6.86. The van der Waals surface area contributed by atoms with E-state index >= 15 is 0 Å². The van der Waals surface area contributed by atoms with Gasteiger partial charge in [0.25, 0.3) is 0 Å². The second-order valence-electron chi connectivity index (χ2n) is 7.35. The molecule has 1 heterocycles. The second-order valence-corrected chi connectivity index (χ2v) is 9.26. The maximum absolute atomic E-state index is 13.0. The topological polar surface area (TPSA) is 40.6 Å². The van der Waals surface area contributed by atoms with Crippen LogP contribution in [0, 0.1) is 13.8 Å². The molecule has 5 heteroatoms. The fourth-order valence-corrected chi connectivity index (χ4v) is 5.79. The summed E-state index contributed by atoms with van der Waals surface area (Å²) in [6.07, 6.45) is 7.93. The minimum Gasteiger partial charge on any atom is -0.298 e. The SMILES string of the molecule is Cc1ccc(S(=O)(=O)N2CCN(C3CCCCCC3)CC2)c(C)c1. The van der Waals surface area contributed by atoms with Crippen LogP contribution >= 0.6 is 0 Å². The molecule has 0 radical (unpaired) electrons. The van der Waals surface area contributed by atoms with Crippen molar-refractivity contribution in [1.29, 1.82) is 0 Å². The Morgan fingerprint density at radius 2 is 1.54 bits per heavy atom. The van der Waals surface area contributed by atoms with E-state index in [2.05, 4.69) is 4.90 Å². The van der Waals surface area contributed by atoms with Gasteiger partial charge in [-0.25, -0.2) is 8.42 Å². The van der Waals surface area contributed by atoms with E-state index in [9.17, 15) is 8.42 Å². The van der Waals surface area contributed by atoms with Gasteiger partial charge in [0.1, 0.15) is 0 Å². The molecule has 2 fully saturated rings. The molecule has 4 nitrogen and oxygen atoms in total. The number of piperazine rings is 1. The van der Waals surface area contributed by atoms with Crippen molar-refractivity contribution in [2.45, 2.75) is 63.3 Å². The Labute approximate surface area is 146 Å². The van der Waals surface area contributed by atoms with E-state index in [0.29, 0.717) is 24.0 Å². The lowest BCUT2D eigenvalue weighted by atomic mass is 10.1. The molecule has 1 saturated carbocycles. The normalized spacial score (nSPS) is 22.4. The zero-order chi connectivity index (χ0) is 17.2. The average Bonchev–Trinajstić information content (AvgIpc) is 2.84. The number of sulfonamides is 1. The summed E-state index contributed by atoms with van der Waals surface area (Å²) in [5, 5.41) is 0. The lowest BCUT2D eigenvalue weighted by Crippen LogP contribution is -2.51. The Kier molecular flexibility index (Phi) is 5.63. The maximum atomic E-state index is 13.0. The molecule has 0 atom stereocenters. The fraction of sp³-hybridized carbons (Fsp3) is 0.684. The number of benzene rings is 1. The van der Waals surface area contributed by atoms with E-state index in [1.807, 2.05) is 26.0 Å². The maximum Gasteiger partial charge on any atom is 0.243 e. The molecule has 1 aliphatic carbocycles. The Morgan fingerprint density at radius 1 is 0.917 bits per heavy atom. The number of hydrogen-bond acceptors (Lipinski definition) is 3. The highest BCUT2D eigenvalue weighted by molar-refractivity contribution is 7.89. The van der Waals surface area contributed by atoms with Gasteiger partial charge in [-0.1, -0.05) is 43.4 Å². The van der Waals surface area contributed by atoms with Gasteiger partial charge in [-0.2, -0.15) is 4.31 Å². The van der Waals surface area contributed by atoms with Crippen LogP contribution in [0.3, 0.4) is 0 Å². The second kappa shape index (κ2) is 7.54. The lowest BCUT2D eigenvalue weighted by Gasteiger charge is -2.38. The van der Waals surface area contributed by atoms with Gasteiger partial charge in [0, 0.05) is 32.2 Å². The molecule has 0 unspecified atom stereocenters. The summed E-state index contributed by atoms with van der Waals surface area (Å²) >= 11 is 0. The van der Waals surface area contributed by atoms with Crippen LogP contribution in [0.5, 0.6) is 0 Å². The van der Waals surface area contributed by atoms with Crippen LogP contribution in [0.25, 0.3) is 0 Å². The van der Waals surface area contributed by atoms with Gasteiger partial charge >= 0.3 is 0 Å². The van der Waals surface area contributed by atoms with Gasteiger partial charge in [-0.05, 0) is 38.3 Å². The summed E-state index contributed by atoms with van der Waals surface area (Å²) in [6, 6.07) is 6.27. The van der Waals surface area contributed by atoms with E-state index in [-0.39, 0.29) is 0 Å². The van der Waals surface area contributed by atoms with Crippen molar-refractivity contribution >= 4 is 10.0 Å². The lowest BCUT2D eigenvalue weighted by molar-refractivity contribution is 0.126. The summed E-state index contributed by atoms with van der Waals surface area (Å²) in [4.78, 5) is 3.00. The van der Waals surface area contributed by atoms with Gasteiger partial charge in [0.15, 0.2) is 0 Å². The third kappa shape index (κ3) is 3.84. The Balaban J connectivity index is 1.67. The molecule has 24 heavy (non-hydrogen) atoms. The van der Waals surface area contributed by atoms with Crippen LogP contribution in [0.1, 0.15) is 49.7 Å². The molecule has 0 spiro atoms. The molecule has 0 amide bonds. The minimum atomic E-state index is -3.36. The van der Waals surface area contributed by atoms with Crippen molar-refractivity contribution in [3.05, 3.63) is 29.3 Å². The van der Waals surface area contributed by atoms with Gasteiger partial charge < -0.3 is 0 Å². The zero-order valence-electron chi connectivity index (χ0n) is 15.0. The van der Waals surface area contributed by atoms with Gasteiger partial charge in [0.05, 0.1) is 4.90 Å². The molecule has 2 aliphatic rings. The van der Waals surface area contributed by atoms with E-state index in [0.717, 1.165) is 24.2 Å². The Morgan fingerprint density at radius 3 is 2.12 bits per heavy atom. The first-order chi connectivity index (χ1) is 11.5.